The van der Waals surface area contributed by atoms with Gasteiger partial charge in [0.1, 0.15) is 0 Å². The Bertz CT molecular complexity index is 311. The van der Waals surface area contributed by atoms with Gasteiger partial charge in [0, 0.05) is 3.57 Å². The van der Waals surface area contributed by atoms with Gasteiger partial charge in [-0.15, -0.1) is 0 Å². The van der Waals surface area contributed by atoms with Crippen LogP contribution in [-0.4, -0.2) is 0 Å². The summed E-state index contributed by atoms with van der Waals surface area (Å²) in [6.07, 6.45) is 7.10. The largest absolute Gasteiger partial charge is 0.0590 e. The first-order valence-corrected chi connectivity index (χ1v) is 6.61. The molecule has 76 valence electrons. The summed E-state index contributed by atoms with van der Waals surface area (Å²) in [7, 11) is 0. The van der Waals surface area contributed by atoms with Crippen LogP contribution in [-0.2, 0) is 0 Å². The Morgan fingerprint density at radius 3 is 2.50 bits per heavy atom. The zero-order valence-electron chi connectivity index (χ0n) is 8.72. The molecular formula is C13H17I. The molecule has 1 fully saturated rings. The molecule has 0 nitrogen and oxygen atoms in total. The van der Waals surface area contributed by atoms with Crippen LogP contribution in [0.2, 0.25) is 0 Å². The summed E-state index contributed by atoms with van der Waals surface area (Å²) in [6, 6.07) is 6.91. The Hall–Kier alpha value is -0.0500. The van der Waals surface area contributed by atoms with Crippen molar-refractivity contribution in [2.24, 2.45) is 0 Å². The number of hydrogen-bond donors (Lipinski definition) is 0. The Balaban J connectivity index is 2.22. The highest BCUT2D eigenvalue weighted by atomic mass is 127. The molecule has 0 aliphatic heterocycles. The van der Waals surface area contributed by atoms with Gasteiger partial charge in [-0.2, -0.15) is 0 Å². The lowest BCUT2D eigenvalue weighted by atomic mass is 9.84. The average Bonchev–Trinajstić information content (AvgIpc) is 2.19. The molecule has 1 heteroatoms. The van der Waals surface area contributed by atoms with E-state index in [2.05, 4.69) is 47.7 Å². The van der Waals surface area contributed by atoms with E-state index in [-0.39, 0.29) is 0 Å². The van der Waals surface area contributed by atoms with E-state index in [1.807, 2.05) is 0 Å². The highest BCUT2D eigenvalue weighted by Gasteiger charge is 2.17. The molecule has 0 saturated heterocycles. The first kappa shape index (κ1) is 10.5. The fraction of sp³-hybridized carbons (Fsp3) is 0.538. The summed E-state index contributed by atoms with van der Waals surface area (Å²) in [6.45, 7) is 2.17. The van der Waals surface area contributed by atoms with Crippen LogP contribution in [0.15, 0.2) is 18.2 Å². The zero-order valence-corrected chi connectivity index (χ0v) is 10.9. The molecule has 0 aromatic heterocycles. The molecule has 1 aromatic carbocycles. The molecule has 1 saturated carbocycles. The Kier molecular flexibility index (Phi) is 3.47. The first-order chi connectivity index (χ1) is 6.77. The van der Waals surface area contributed by atoms with Crippen LogP contribution in [0, 0.1) is 10.5 Å². The van der Waals surface area contributed by atoms with Crippen LogP contribution in [0.5, 0.6) is 0 Å². The topological polar surface area (TPSA) is 0 Å². The molecule has 14 heavy (non-hydrogen) atoms. The summed E-state index contributed by atoms with van der Waals surface area (Å²) >= 11 is 2.49. The van der Waals surface area contributed by atoms with Gasteiger partial charge >= 0.3 is 0 Å². The summed E-state index contributed by atoms with van der Waals surface area (Å²) in [4.78, 5) is 0. The van der Waals surface area contributed by atoms with Crippen molar-refractivity contribution in [1.82, 2.24) is 0 Å². The van der Waals surface area contributed by atoms with Crippen molar-refractivity contribution in [3.63, 3.8) is 0 Å². The molecule has 0 spiro atoms. The number of rotatable bonds is 1. The van der Waals surface area contributed by atoms with Gasteiger partial charge in [-0.3, -0.25) is 0 Å². The maximum Gasteiger partial charge on any atom is 0.0167 e. The molecule has 1 aromatic rings. The number of hydrogen-bond acceptors (Lipinski definition) is 0. The molecule has 0 radical (unpaired) electrons. The van der Waals surface area contributed by atoms with Crippen LogP contribution in [0.3, 0.4) is 0 Å². The van der Waals surface area contributed by atoms with Crippen molar-refractivity contribution in [2.45, 2.75) is 44.9 Å². The van der Waals surface area contributed by atoms with Crippen molar-refractivity contribution in [3.05, 3.63) is 32.9 Å². The predicted molar refractivity (Wildman–Crippen MR) is 69.7 cm³/mol. The Morgan fingerprint density at radius 2 is 1.86 bits per heavy atom. The molecule has 0 N–H and O–H groups in total. The van der Waals surface area contributed by atoms with Crippen molar-refractivity contribution in [3.8, 4) is 0 Å². The monoisotopic (exact) mass is 300 g/mol. The minimum atomic E-state index is 0.844. The lowest BCUT2D eigenvalue weighted by molar-refractivity contribution is 0.442. The van der Waals surface area contributed by atoms with Crippen LogP contribution in [0.25, 0.3) is 0 Å². The van der Waals surface area contributed by atoms with E-state index >= 15 is 0 Å². The van der Waals surface area contributed by atoms with Gasteiger partial charge in [-0.1, -0.05) is 37.0 Å². The van der Waals surface area contributed by atoms with Gasteiger partial charge < -0.3 is 0 Å². The van der Waals surface area contributed by atoms with E-state index in [4.69, 9.17) is 0 Å². The normalized spacial score (nSPS) is 18.4. The summed E-state index contributed by atoms with van der Waals surface area (Å²) < 4.78 is 1.47. The fourth-order valence-corrected chi connectivity index (χ4v) is 3.49. The highest BCUT2D eigenvalue weighted by Crippen LogP contribution is 2.35. The molecule has 1 aliphatic carbocycles. The van der Waals surface area contributed by atoms with Crippen molar-refractivity contribution >= 4 is 22.6 Å². The van der Waals surface area contributed by atoms with Crippen molar-refractivity contribution in [1.29, 1.82) is 0 Å². The van der Waals surface area contributed by atoms with E-state index in [9.17, 15) is 0 Å². The third-order valence-corrected chi connectivity index (χ3v) is 4.14. The molecule has 1 aliphatic rings. The molecule has 0 unspecified atom stereocenters. The van der Waals surface area contributed by atoms with Gasteiger partial charge in [0.2, 0.25) is 0 Å². The Morgan fingerprint density at radius 1 is 1.14 bits per heavy atom. The molecule has 0 bridgehead atoms. The minimum absolute atomic E-state index is 0.844. The Labute approximate surface area is 100 Å². The molecule has 0 amide bonds. The molecule has 0 heterocycles. The van der Waals surface area contributed by atoms with Gasteiger partial charge in [0.15, 0.2) is 0 Å². The first-order valence-electron chi connectivity index (χ1n) is 5.53. The summed E-state index contributed by atoms with van der Waals surface area (Å²) in [5.41, 5.74) is 2.98. The second kappa shape index (κ2) is 4.65. The van der Waals surface area contributed by atoms with Gasteiger partial charge in [0.05, 0.1) is 0 Å². The second-order valence-electron chi connectivity index (χ2n) is 4.36. The molecule has 2 rings (SSSR count). The summed E-state index contributed by atoms with van der Waals surface area (Å²) in [5.74, 6) is 0.844. The average molecular weight is 300 g/mol. The lowest BCUT2D eigenvalue weighted by Gasteiger charge is -2.23. The van der Waals surface area contributed by atoms with Crippen LogP contribution in [0.1, 0.15) is 49.1 Å². The molecular weight excluding hydrogens is 283 g/mol. The van der Waals surface area contributed by atoms with E-state index in [0.29, 0.717) is 0 Å². The van der Waals surface area contributed by atoms with E-state index in [0.717, 1.165) is 5.92 Å². The van der Waals surface area contributed by atoms with E-state index < -0.39 is 0 Å². The smallest absolute Gasteiger partial charge is 0.0167 e. The van der Waals surface area contributed by atoms with E-state index in [1.54, 1.807) is 5.56 Å². The van der Waals surface area contributed by atoms with E-state index in [1.165, 1.54) is 41.2 Å². The highest BCUT2D eigenvalue weighted by molar-refractivity contribution is 14.1. The SMILES string of the molecule is Cc1ccc(C2CCCCC2)c(I)c1. The maximum absolute atomic E-state index is 2.49. The quantitative estimate of drug-likeness (QED) is 0.662. The second-order valence-corrected chi connectivity index (χ2v) is 5.52. The number of halogens is 1. The maximum atomic E-state index is 2.49. The lowest BCUT2D eigenvalue weighted by Crippen LogP contribution is -2.06. The van der Waals surface area contributed by atoms with Crippen LogP contribution >= 0.6 is 22.6 Å². The molecule has 0 atom stereocenters. The van der Waals surface area contributed by atoms with Gasteiger partial charge in [-0.25, -0.2) is 0 Å². The summed E-state index contributed by atoms with van der Waals surface area (Å²) in [5, 5.41) is 0. The standard InChI is InChI=1S/C13H17I/c1-10-7-8-12(13(14)9-10)11-5-3-2-4-6-11/h7-9,11H,2-6H2,1H3. The fourth-order valence-electron chi connectivity index (χ4n) is 2.38. The number of aryl methyl sites for hydroxylation is 1. The van der Waals surface area contributed by atoms with Crippen molar-refractivity contribution < 1.29 is 0 Å². The van der Waals surface area contributed by atoms with Gasteiger partial charge in [0.25, 0.3) is 0 Å². The van der Waals surface area contributed by atoms with Crippen LogP contribution < -0.4 is 0 Å². The number of benzene rings is 1. The third-order valence-electron chi connectivity index (χ3n) is 3.20. The van der Waals surface area contributed by atoms with Gasteiger partial charge in [-0.05, 0) is 59.9 Å². The minimum Gasteiger partial charge on any atom is -0.0590 e. The van der Waals surface area contributed by atoms with Crippen molar-refractivity contribution in [2.75, 3.05) is 0 Å². The zero-order chi connectivity index (χ0) is 9.97. The predicted octanol–water partition coefficient (Wildman–Crippen LogP) is 4.65. The van der Waals surface area contributed by atoms with Crippen LogP contribution in [0.4, 0.5) is 0 Å². The third kappa shape index (κ3) is 2.30.